The van der Waals surface area contributed by atoms with Crippen LogP contribution in [0.3, 0.4) is 0 Å². The van der Waals surface area contributed by atoms with E-state index in [0.29, 0.717) is 5.02 Å². The predicted octanol–water partition coefficient (Wildman–Crippen LogP) is 4.25. The number of rotatable bonds is 10. The Bertz CT molecular complexity index is 933. The lowest BCUT2D eigenvalue weighted by Gasteiger charge is -2.40. The summed E-state index contributed by atoms with van der Waals surface area (Å²) in [5.74, 6) is -1.63. The van der Waals surface area contributed by atoms with Crippen molar-refractivity contribution < 1.29 is 19.5 Å². The van der Waals surface area contributed by atoms with Crippen LogP contribution in [0.5, 0.6) is 0 Å². The molecule has 1 aromatic carbocycles. The second kappa shape index (κ2) is 12.0. The van der Waals surface area contributed by atoms with Crippen molar-refractivity contribution in [3.63, 3.8) is 0 Å². The van der Waals surface area contributed by atoms with Crippen molar-refractivity contribution in [2.24, 2.45) is 11.3 Å². The maximum absolute atomic E-state index is 13.7. The van der Waals surface area contributed by atoms with Crippen molar-refractivity contribution >= 4 is 29.4 Å². The number of likely N-dealkylation sites (N-methyl/N-ethyl adjacent to an activating group) is 2. The molecule has 0 spiro atoms. The van der Waals surface area contributed by atoms with E-state index in [1.807, 2.05) is 60.6 Å². The Morgan fingerprint density at radius 1 is 1.03 bits per heavy atom. The van der Waals surface area contributed by atoms with Crippen molar-refractivity contribution in [3.05, 3.63) is 46.5 Å². The first-order chi connectivity index (χ1) is 15.9. The lowest BCUT2D eigenvalue weighted by atomic mass is 9.76. The molecule has 0 radical (unpaired) electrons. The number of nitrogens with one attached hydrogen (secondary N) is 2. The summed E-state index contributed by atoms with van der Waals surface area (Å²) in [7, 11) is 3.37. The number of hydrogen-bond donors (Lipinski definition) is 3. The first kappa shape index (κ1) is 30.7. The Morgan fingerprint density at radius 3 is 1.94 bits per heavy atom. The van der Waals surface area contributed by atoms with E-state index in [1.165, 1.54) is 11.8 Å². The zero-order chi connectivity index (χ0) is 27.3. The fourth-order valence-corrected chi connectivity index (χ4v) is 4.30. The molecule has 0 aliphatic rings. The number of amides is 2. The van der Waals surface area contributed by atoms with Crippen LogP contribution in [0.15, 0.2) is 35.9 Å². The van der Waals surface area contributed by atoms with Crippen molar-refractivity contribution in [1.82, 2.24) is 15.5 Å². The first-order valence-corrected chi connectivity index (χ1v) is 12.2. The number of carboxylic acids is 1. The minimum absolute atomic E-state index is 0.0246. The molecule has 1 aromatic rings. The zero-order valence-corrected chi connectivity index (χ0v) is 23.4. The number of aliphatic carboxylic acids is 1. The molecule has 1 rings (SSSR count). The Morgan fingerprint density at radius 2 is 1.54 bits per heavy atom. The third-order valence-electron chi connectivity index (χ3n) is 6.50. The normalized spacial score (nSPS) is 15.4. The minimum Gasteiger partial charge on any atom is -0.478 e. The number of halogens is 1. The fourth-order valence-electron chi connectivity index (χ4n) is 4.17. The zero-order valence-electron chi connectivity index (χ0n) is 22.7. The highest BCUT2D eigenvalue weighted by Gasteiger charge is 2.41. The van der Waals surface area contributed by atoms with Gasteiger partial charge in [-0.1, -0.05) is 78.3 Å². The van der Waals surface area contributed by atoms with Gasteiger partial charge in [-0.25, -0.2) is 4.79 Å². The van der Waals surface area contributed by atoms with Gasteiger partial charge < -0.3 is 20.6 Å². The molecule has 0 aliphatic heterocycles. The molecular weight excluding hydrogens is 466 g/mol. The average molecular weight is 508 g/mol. The van der Waals surface area contributed by atoms with Crippen LogP contribution in [0.25, 0.3) is 0 Å². The lowest BCUT2D eigenvalue weighted by molar-refractivity contribution is -0.141. The fraction of sp³-hybridized carbons (Fsp3) is 0.593. The van der Waals surface area contributed by atoms with Crippen LogP contribution in [0, 0.1) is 11.3 Å². The summed E-state index contributed by atoms with van der Waals surface area (Å²) in [5.41, 5.74) is -0.0830. The highest BCUT2D eigenvalue weighted by Crippen LogP contribution is 2.30. The Labute approximate surface area is 215 Å². The quantitative estimate of drug-likeness (QED) is 0.411. The van der Waals surface area contributed by atoms with Crippen molar-refractivity contribution in [2.45, 2.75) is 78.9 Å². The van der Waals surface area contributed by atoms with Gasteiger partial charge in [0.25, 0.3) is 0 Å². The second-order valence-corrected chi connectivity index (χ2v) is 11.5. The first-order valence-electron chi connectivity index (χ1n) is 11.9. The number of carbonyl (C=O) groups is 3. The van der Waals surface area contributed by atoms with Crippen molar-refractivity contribution in [2.75, 3.05) is 14.1 Å². The van der Waals surface area contributed by atoms with Gasteiger partial charge in [-0.15, -0.1) is 0 Å². The number of nitrogens with zero attached hydrogens (tertiary/aromatic N) is 1. The van der Waals surface area contributed by atoms with Gasteiger partial charge in [0.05, 0.1) is 12.1 Å². The Kier molecular flexibility index (Phi) is 10.5. The molecule has 196 valence electrons. The van der Waals surface area contributed by atoms with Gasteiger partial charge >= 0.3 is 5.97 Å². The minimum atomic E-state index is -1.03. The summed E-state index contributed by atoms with van der Waals surface area (Å²) in [6.07, 6.45) is 1.59. The number of hydrogen-bond acceptors (Lipinski definition) is 4. The van der Waals surface area contributed by atoms with Gasteiger partial charge in [-0.3, -0.25) is 9.59 Å². The van der Waals surface area contributed by atoms with E-state index < -0.39 is 34.9 Å². The molecule has 0 saturated carbocycles. The van der Waals surface area contributed by atoms with E-state index in [0.717, 1.165) is 5.56 Å². The van der Waals surface area contributed by atoms with Crippen LogP contribution in [0.1, 0.15) is 61.0 Å². The van der Waals surface area contributed by atoms with Crippen LogP contribution < -0.4 is 10.6 Å². The van der Waals surface area contributed by atoms with Gasteiger partial charge in [0.1, 0.15) is 6.04 Å². The summed E-state index contributed by atoms with van der Waals surface area (Å²) in [5, 5.41) is 16.0. The SMILES string of the molecule is CN[C@@H](C(=O)N[C@H](C(=O)N(C)[C@H](/C=C(\C)C(=O)O)C(C)C)C(C)(C)C)C(C)(C)c1ccc(Cl)cc1. The van der Waals surface area contributed by atoms with E-state index in [2.05, 4.69) is 10.6 Å². The van der Waals surface area contributed by atoms with Crippen LogP contribution in [-0.4, -0.2) is 60.0 Å². The summed E-state index contributed by atoms with van der Waals surface area (Å²) in [6.45, 7) is 15.0. The maximum atomic E-state index is 13.7. The van der Waals surface area contributed by atoms with Gasteiger partial charge in [-0.05, 0) is 43.0 Å². The molecule has 0 aliphatic carbocycles. The molecule has 3 N–H and O–H groups in total. The van der Waals surface area contributed by atoms with Gasteiger partial charge in [-0.2, -0.15) is 0 Å². The summed E-state index contributed by atoms with van der Waals surface area (Å²) in [4.78, 5) is 40.2. The van der Waals surface area contributed by atoms with E-state index in [4.69, 9.17) is 11.6 Å². The van der Waals surface area contributed by atoms with E-state index >= 15 is 0 Å². The Hall–Kier alpha value is -2.38. The molecule has 7 nitrogen and oxygen atoms in total. The van der Waals surface area contributed by atoms with E-state index in [9.17, 15) is 19.5 Å². The van der Waals surface area contributed by atoms with Gasteiger partial charge in [0.2, 0.25) is 11.8 Å². The lowest BCUT2D eigenvalue weighted by Crippen LogP contribution is -2.61. The second-order valence-electron chi connectivity index (χ2n) is 11.1. The molecule has 0 bridgehead atoms. The Balaban J connectivity index is 3.30. The summed E-state index contributed by atoms with van der Waals surface area (Å²) in [6, 6.07) is 5.48. The molecular formula is C27H42ClN3O4. The number of carboxylic acid groups (broad SMARTS) is 1. The molecule has 3 atom stereocenters. The van der Waals surface area contributed by atoms with Crippen molar-refractivity contribution in [3.8, 4) is 0 Å². The van der Waals surface area contributed by atoms with Crippen molar-refractivity contribution in [1.29, 1.82) is 0 Å². The summed E-state index contributed by atoms with van der Waals surface area (Å²) < 4.78 is 0. The molecule has 8 heteroatoms. The monoisotopic (exact) mass is 507 g/mol. The molecule has 0 unspecified atom stereocenters. The van der Waals surface area contributed by atoms with E-state index in [1.54, 1.807) is 32.3 Å². The van der Waals surface area contributed by atoms with Gasteiger partial charge in [0.15, 0.2) is 0 Å². The van der Waals surface area contributed by atoms with Crippen LogP contribution >= 0.6 is 11.6 Å². The molecule has 0 fully saturated rings. The molecule has 0 saturated heterocycles. The highest BCUT2D eigenvalue weighted by atomic mass is 35.5. The largest absolute Gasteiger partial charge is 0.478 e. The van der Waals surface area contributed by atoms with Gasteiger partial charge in [0, 0.05) is 23.1 Å². The third kappa shape index (κ3) is 7.80. The highest BCUT2D eigenvalue weighted by molar-refractivity contribution is 6.30. The standard InChI is InChI=1S/C27H42ClN3O4/c1-16(2)20(15-17(3)25(34)35)31(10)24(33)22(26(4,5)6)30-23(32)21(29-9)27(7,8)18-11-13-19(28)14-12-18/h11-16,20-22,29H,1-10H3,(H,30,32)(H,34,35)/b17-15+/t20-,21+,22-/m1/s1. The molecule has 0 heterocycles. The number of benzene rings is 1. The van der Waals surface area contributed by atoms with Crippen LogP contribution in [-0.2, 0) is 19.8 Å². The molecule has 2 amide bonds. The molecule has 35 heavy (non-hydrogen) atoms. The average Bonchev–Trinajstić information content (AvgIpc) is 2.74. The number of carbonyl (C=O) groups excluding carboxylic acids is 2. The van der Waals surface area contributed by atoms with E-state index in [-0.39, 0.29) is 23.3 Å². The van der Waals surface area contributed by atoms with Crippen LogP contribution in [0.2, 0.25) is 5.02 Å². The predicted molar refractivity (Wildman–Crippen MR) is 142 cm³/mol. The topological polar surface area (TPSA) is 98.7 Å². The third-order valence-corrected chi connectivity index (χ3v) is 6.75. The maximum Gasteiger partial charge on any atom is 0.331 e. The summed E-state index contributed by atoms with van der Waals surface area (Å²) >= 11 is 6.04. The molecule has 0 aromatic heterocycles. The van der Waals surface area contributed by atoms with Crippen LogP contribution in [0.4, 0.5) is 0 Å². The smallest absolute Gasteiger partial charge is 0.331 e.